The maximum atomic E-state index is 12.0. The van der Waals surface area contributed by atoms with Crippen LogP contribution in [0.1, 0.15) is 15.9 Å². The van der Waals surface area contributed by atoms with Crippen molar-refractivity contribution < 1.29 is 9.59 Å². The summed E-state index contributed by atoms with van der Waals surface area (Å²) in [5.74, 6) is -0.916. The molecule has 4 heteroatoms. The molecule has 0 saturated heterocycles. The Balaban J connectivity index is 1.82. The van der Waals surface area contributed by atoms with Crippen molar-refractivity contribution in [3.8, 4) is 0 Å². The fraction of sp³-hybridized carbons (Fsp3) is 0.0588. The van der Waals surface area contributed by atoms with Gasteiger partial charge in [0.15, 0.2) is 0 Å². The summed E-state index contributed by atoms with van der Waals surface area (Å²) < 4.78 is 0.795. The summed E-state index contributed by atoms with van der Waals surface area (Å²) in [4.78, 5) is 25.5. The number of benzene rings is 2. The molecule has 0 unspecified atom stereocenters. The Bertz CT molecular complexity index is 738. The van der Waals surface area contributed by atoms with Crippen LogP contribution in [0.25, 0.3) is 6.08 Å². The molecule has 0 aromatic heterocycles. The van der Waals surface area contributed by atoms with Gasteiger partial charge in [-0.3, -0.25) is 9.59 Å². The van der Waals surface area contributed by atoms with Crippen molar-refractivity contribution in [2.24, 2.45) is 0 Å². The number of anilines is 1. The number of amides is 1. The minimum absolute atomic E-state index is 0.383. The van der Waals surface area contributed by atoms with Crippen LogP contribution in [0.5, 0.6) is 0 Å². The molecular formula is C17H12BrNO2. The fourth-order valence-electron chi connectivity index (χ4n) is 2.31. The number of halogens is 1. The smallest absolute Gasteiger partial charge is 0.299 e. The topological polar surface area (TPSA) is 37.4 Å². The van der Waals surface area contributed by atoms with E-state index in [-0.39, 0.29) is 0 Å². The van der Waals surface area contributed by atoms with E-state index in [4.69, 9.17) is 0 Å². The van der Waals surface area contributed by atoms with Crippen LogP contribution < -0.4 is 4.90 Å². The molecule has 1 amide bonds. The average Bonchev–Trinajstić information content (AvgIpc) is 2.73. The second kappa shape index (κ2) is 5.66. The largest absolute Gasteiger partial charge is 0.301 e. The molecule has 3 rings (SSSR count). The molecule has 1 heterocycles. The summed E-state index contributed by atoms with van der Waals surface area (Å²) in [6.07, 6.45) is 3.83. The van der Waals surface area contributed by atoms with Crippen molar-refractivity contribution in [3.63, 3.8) is 0 Å². The molecule has 3 nitrogen and oxygen atoms in total. The van der Waals surface area contributed by atoms with E-state index in [1.807, 2.05) is 48.6 Å². The first-order valence-electron chi connectivity index (χ1n) is 6.54. The van der Waals surface area contributed by atoms with Crippen molar-refractivity contribution in [1.29, 1.82) is 0 Å². The van der Waals surface area contributed by atoms with Gasteiger partial charge >= 0.3 is 0 Å². The lowest BCUT2D eigenvalue weighted by Crippen LogP contribution is -2.29. The molecular weight excluding hydrogens is 330 g/mol. The molecule has 0 saturated carbocycles. The summed E-state index contributed by atoms with van der Waals surface area (Å²) in [5, 5.41) is 0. The molecule has 0 spiro atoms. The number of fused-ring (bicyclic) bond motifs is 1. The van der Waals surface area contributed by atoms with E-state index >= 15 is 0 Å². The molecule has 0 aliphatic carbocycles. The molecule has 2 aromatic carbocycles. The number of Topliss-reactive ketones (excluding diaryl/α,β-unsaturated/α-hetero) is 1. The van der Waals surface area contributed by atoms with E-state index in [2.05, 4.69) is 15.9 Å². The quantitative estimate of drug-likeness (QED) is 0.798. The van der Waals surface area contributed by atoms with Gasteiger partial charge in [-0.2, -0.15) is 0 Å². The van der Waals surface area contributed by atoms with Crippen molar-refractivity contribution in [3.05, 3.63) is 70.2 Å². The normalized spacial score (nSPS) is 14.0. The lowest BCUT2D eigenvalue weighted by Gasteiger charge is -2.13. The monoisotopic (exact) mass is 341 g/mol. The highest BCUT2D eigenvalue weighted by Crippen LogP contribution is 2.31. The first-order chi connectivity index (χ1) is 10.2. The number of carbonyl (C=O) groups excluding carboxylic acids is 2. The number of hydrogen-bond acceptors (Lipinski definition) is 2. The summed E-state index contributed by atoms with van der Waals surface area (Å²) >= 11 is 3.32. The van der Waals surface area contributed by atoms with Gasteiger partial charge in [0, 0.05) is 11.0 Å². The van der Waals surface area contributed by atoms with Gasteiger partial charge in [-0.05, 0) is 23.8 Å². The Kier molecular flexibility index (Phi) is 3.71. The Hall–Kier alpha value is -2.20. The van der Waals surface area contributed by atoms with E-state index in [0.717, 1.165) is 10.0 Å². The summed E-state index contributed by atoms with van der Waals surface area (Å²) in [6.45, 7) is 0.383. The van der Waals surface area contributed by atoms with Gasteiger partial charge in [-0.1, -0.05) is 58.4 Å². The second-order valence-electron chi connectivity index (χ2n) is 4.72. The molecule has 0 fully saturated rings. The second-order valence-corrected chi connectivity index (χ2v) is 5.64. The number of carbonyl (C=O) groups is 2. The molecule has 0 atom stereocenters. The first-order valence-corrected chi connectivity index (χ1v) is 7.33. The number of nitrogens with zero attached hydrogens (tertiary/aromatic N) is 1. The summed E-state index contributed by atoms with van der Waals surface area (Å²) in [6, 6.07) is 15.1. The van der Waals surface area contributed by atoms with Gasteiger partial charge in [0.25, 0.3) is 11.7 Å². The van der Waals surface area contributed by atoms with Crippen molar-refractivity contribution in [2.75, 3.05) is 11.4 Å². The van der Waals surface area contributed by atoms with E-state index in [9.17, 15) is 9.59 Å². The Morgan fingerprint density at radius 2 is 1.81 bits per heavy atom. The van der Waals surface area contributed by atoms with E-state index in [0.29, 0.717) is 17.8 Å². The predicted molar refractivity (Wildman–Crippen MR) is 86.3 cm³/mol. The van der Waals surface area contributed by atoms with Gasteiger partial charge in [0.1, 0.15) is 0 Å². The van der Waals surface area contributed by atoms with Crippen LogP contribution in [0, 0.1) is 0 Å². The molecule has 104 valence electrons. The van der Waals surface area contributed by atoms with Gasteiger partial charge < -0.3 is 4.90 Å². The van der Waals surface area contributed by atoms with Gasteiger partial charge in [0.2, 0.25) is 0 Å². The zero-order chi connectivity index (χ0) is 14.8. The lowest BCUT2D eigenvalue weighted by molar-refractivity contribution is -0.114. The highest BCUT2D eigenvalue weighted by atomic mass is 79.9. The standard InChI is InChI=1S/C17H12BrNO2/c18-13-8-9-15-14(11-13)16(20)17(21)19(15)10-4-7-12-5-2-1-3-6-12/h1-9,11H,10H2/b7-4+. The van der Waals surface area contributed by atoms with Crippen LogP contribution in [0.4, 0.5) is 5.69 Å². The zero-order valence-corrected chi connectivity index (χ0v) is 12.7. The molecule has 0 bridgehead atoms. The minimum atomic E-state index is -0.471. The van der Waals surface area contributed by atoms with Crippen LogP contribution in [0.15, 0.2) is 59.1 Å². The van der Waals surface area contributed by atoms with Crippen molar-refractivity contribution >= 4 is 39.4 Å². The van der Waals surface area contributed by atoms with E-state index in [1.54, 1.807) is 12.1 Å². The Morgan fingerprint density at radius 3 is 2.57 bits per heavy atom. The van der Waals surface area contributed by atoms with Gasteiger partial charge in [-0.25, -0.2) is 0 Å². The van der Waals surface area contributed by atoms with Crippen molar-refractivity contribution in [2.45, 2.75) is 0 Å². The predicted octanol–water partition coefficient (Wildman–Crippen LogP) is 3.69. The van der Waals surface area contributed by atoms with Gasteiger partial charge in [0.05, 0.1) is 11.3 Å². The highest BCUT2D eigenvalue weighted by Gasteiger charge is 2.34. The van der Waals surface area contributed by atoms with Crippen LogP contribution >= 0.6 is 15.9 Å². The van der Waals surface area contributed by atoms with Crippen LogP contribution in [0.3, 0.4) is 0 Å². The highest BCUT2D eigenvalue weighted by molar-refractivity contribution is 9.10. The molecule has 0 radical (unpaired) electrons. The van der Waals surface area contributed by atoms with Crippen molar-refractivity contribution in [1.82, 2.24) is 0 Å². The number of ketones is 1. The minimum Gasteiger partial charge on any atom is -0.301 e. The van der Waals surface area contributed by atoms with Crippen LogP contribution in [-0.4, -0.2) is 18.2 Å². The third-order valence-corrected chi connectivity index (χ3v) is 3.82. The number of rotatable bonds is 3. The average molecular weight is 342 g/mol. The van der Waals surface area contributed by atoms with Crippen LogP contribution in [0.2, 0.25) is 0 Å². The van der Waals surface area contributed by atoms with Gasteiger partial charge in [-0.15, -0.1) is 0 Å². The SMILES string of the molecule is O=C1C(=O)N(C/C=C/c2ccccc2)c2ccc(Br)cc21. The maximum Gasteiger partial charge on any atom is 0.299 e. The van der Waals surface area contributed by atoms with E-state index in [1.165, 1.54) is 4.90 Å². The zero-order valence-electron chi connectivity index (χ0n) is 11.1. The molecule has 21 heavy (non-hydrogen) atoms. The Labute approximate surface area is 131 Å². The summed E-state index contributed by atoms with van der Waals surface area (Å²) in [5.41, 5.74) is 2.19. The lowest BCUT2D eigenvalue weighted by atomic mass is 10.1. The third-order valence-electron chi connectivity index (χ3n) is 3.33. The van der Waals surface area contributed by atoms with E-state index < -0.39 is 11.7 Å². The number of hydrogen-bond donors (Lipinski definition) is 0. The molecule has 0 N–H and O–H groups in total. The fourth-order valence-corrected chi connectivity index (χ4v) is 2.67. The molecule has 2 aromatic rings. The summed E-state index contributed by atoms with van der Waals surface area (Å²) in [7, 11) is 0. The third kappa shape index (κ3) is 2.67. The molecule has 1 aliphatic heterocycles. The Morgan fingerprint density at radius 1 is 1.05 bits per heavy atom. The first kappa shape index (κ1) is 13.8. The maximum absolute atomic E-state index is 12.0. The van der Waals surface area contributed by atoms with Crippen LogP contribution in [-0.2, 0) is 4.79 Å². The molecule has 1 aliphatic rings.